The quantitative estimate of drug-likeness (QED) is 0.196. The number of rotatable bonds is 7. The van der Waals surface area contributed by atoms with E-state index >= 15 is 0 Å². The number of hydrogen-bond donors (Lipinski definition) is 0. The fourth-order valence-electron chi connectivity index (χ4n) is 3.37. The number of nitro groups is 1. The van der Waals surface area contributed by atoms with Crippen molar-refractivity contribution < 1.29 is 33.6 Å². The first-order valence-electron chi connectivity index (χ1n) is 9.88. The lowest BCUT2D eigenvalue weighted by Crippen LogP contribution is -2.40. The largest absolute Gasteiger partial charge is 0.485 e. The Morgan fingerprint density at radius 3 is 2.53 bits per heavy atom. The van der Waals surface area contributed by atoms with E-state index in [-0.39, 0.29) is 41.0 Å². The summed E-state index contributed by atoms with van der Waals surface area (Å²) in [6, 6.07) is 2.61. The Hall–Kier alpha value is -3.41. The molecular formula is C20H21N3O8S. The van der Waals surface area contributed by atoms with Gasteiger partial charge in [-0.05, 0) is 49.7 Å². The van der Waals surface area contributed by atoms with Crippen LogP contribution in [0, 0.1) is 10.1 Å². The molecule has 2 saturated heterocycles. The second-order valence-electron chi connectivity index (χ2n) is 6.97. The van der Waals surface area contributed by atoms with E-state index < -0.39 is 27.7 Å². The van der Waals surface area contributed by atoms with E-state index in [0.717, 1.165) is 24.7 Å². The molecule has 0 radical (unpaired) electrons. The van der Waals surface area contributed by atoms with Crippen LogP contribution >= 0.6 is 11.8 Å². The molecule has 170 valence electrons. The summed E-state index contributed by atoms with van der Waals surface area (Å²) >= 11 is 0.595. The topological polar surface area (TPSA) is 136 Å². The van der Waals surface area contributed by atoms with Crippen LogP contribution in [0.1, 0.15) is 32.3 Å². The van der Waals surface area contributed by atoms with Crippen LogP contribution in [0.5, 0.6) is 11.5 Å². The molecule has 1 aromatic carbocycles. The van der Waals surface area contributed by atoms with Crippen molar-refractivity contribution in [3.8, 4) is 11.5 Å². The van der Waals surface area contributed by atoms with Crippen molar-refractivity contribution in [3.05, 3.63) is 32.7 Å². The monoisotopic (exact) mass is 463 g/mol. The summed E-state index contributed by atoms with van der Waals surface area (Å²) in [4.78, 5) is 62.2. The zero-order chi connectivity index (χ0) is 23.4. The average molecular weight is 463 g/mol. The maximum absolute atomic E-state index is 12.7. The highest BCUT2D eigenvalue weighted by Gasteiger charge is 2.38. The number of benzene rings is 1. The third-order valence-corrected chi connectivity index (χ3v) is 5.67. The fraction of sp³-hybridized carbons (Fsp3) is 0.400. The molecule has 32 heavy (non-hydrogen) atoms. The molecule has 1 aromatic rings. The lowest BCUT2D eigenvalue weighted by Gasteiger charge is -2.18. The SMILES string of the molecule is CCOc1c(OC(C)=O)ccc(/C=C2\SC(=O)N(CC(=O)N3CCCC3)C2=O)c1[N+](=O)[O-]. The van der Waals surface area contributed by atoms with Gasteiger partial charge in [0.25, 0.3) is 11.1 Å². The number of thioether (sulfide) groups is 1. The molecule has 0 atom stereocenters. The minimum absolute atomic E-state index is 0.00859. The Kier molecular flexibility index (Phi) is 7.13. The molecule has 0 saturated carbocycles. The number of hydrogen-bond acceptors (Lipinski definition) is 9. The van der Waals surface area contributed by atoms with Crippen molar-refractivity contribution >= 4 is 46.5 Å². The Morgan fingerprint density at radius 2 is 1.94 bits per heavy atom. The van der Waals surface area contributed by atoms with Gasteiger partial charge in [-0.1, -0.05) is 0 Å². The lowest BCUT2D eigenvalue weighted by atomic mass is 10.1. The highest BCUT2D eigenvalue weighted by atomic mass is 32.2. The summed E-state index contributed by atoms with van der Waals surface area (Å²) in [6.07, 6.45) is 2.95. The van der Waals surface area contributed by atoms with E-state index in [1.807, 2.05) is 0 Å². The van der Waals surface area contributed by atoms with Crippen LogP contribution in [-0.2, 0) is 14.4 Å². The van der Waals surface area contributed by atoms with Crippen molar-refractivity contribution in [1.29, 1.82) is 0 Å². The maximum atomic E-state index is 12.7. The van der Waals surface area contributed by atoms with Gasteiger partial charge in [0.1, 0.15) is 6.54 Å². The fourth-order valence-corrected chi connectivity index (χ4v) is 4.20. The molecule has 0 unspecified atom stereocenters. The second kappa shape index (κ2) is 9.81. The van der Waals surface area contributed by atoms with Crippen LogP contribution in [0.25, 0.3) is 6.08 Å². The number of likely N-dealkylation sites (tertiary alicyclic amines) is 1. The van der Waals surface area contributed by atoms with E-state index in [9.17, 15) is 29.3 Å². The third-order valence-electron chi connectivity index (χ3n) is 4.76. The number of esters is 1. The summed E-state index contributed by atoms with van der Waals surface area (Å²) in [5.74, 6) is -2.10. The van der Waals surface area contributed by atoms with Gasteiger partial charge in [-0.2, -0.15) is 0 Å². The van der Waals surface area contributed by atoms with Crippen molar-refractivity contribution in [2.24, 2.45) is 0 Å². The number of nitrogens with zero attached hydrogens (tertiary/aromatic N) is 3. The maximum Gasteiger partial charge on any atom is 0.322 e. The molecule has 2 heterocycles. The average Bonchev–Trinajstić information content (AvgIpc) is 3.34. The summed E-state index contributed by atoms with van der Waals surface area (Å²) < 4.78 is 10.3. The van der Waals surface area contributed by atoms with Crippen LogP contribution in [-0.4, -0.2) is 64.0 Å². The van der Waals surface area contributed by atoms with E-state index in [1.165, 1.54) is 18.2 Å². The van der Waals surface area contributed by atoms with E-state index in [2.05, 4.69) is 0 Å². The Bertz CT molecular complexity index is 1020. The van der Waals surface area contributed by atoms with E-state index in [4.69, 9.17) is 9.47 Å². The van der Waals surface area contributed by atoms with Gasteiger partial charge in [-0.25, -0.2) is 0 Å². The molecule has 3 rings (SSSR count). The Balaban J connectivity index is 1.93. The number of carbonyl (C=O) groups excluding carboxylic acids is 4. The zero-order valence-electron chi connectivity index (χ0n) is 17.5. The molecular weight excluding hydrogens is 442 g/mol. The van der Waals surface area contributed by atoms with Crippen LogP contribution in [0.4, 0.5) is 10.5 Å². The molecule has 0 bridgehead atoms. The number of imide groups is 1. The molecule has 2 aliphatic rings. The highest BCUT2D eigenvalue weighted by Crippen LogP contribution is 2.42. The minimum Gasteiger partial charge on any atom is -0.485 e. The Morgan fingerprint density at radius 1 is 1.25 bits per heavy atom. The predicted molar refractivity (Wildman–Crippen MR) is 114 cm³/mol. The normalized spacial score (nSPS) is 17.2. The molecule has 3 amide bonds. The molecule has 0 aliphatic carbocycles. The highest BCUT2D eigenvalue weighted by molar-refractivity contribution is 8.18. The lowest BCUT2D eigenvalue weighted by molar-refractivity contribution is -0.386. The van der Waals surface area contributed by atoms with Gasteiger partial charge in [0.05, 0.1) is 22.0 Å². The van der Waals surface area contributed by atoms with Crippen molar-refractivity contribution in [2.45, 2.75) is 26.7 Å². The van der Waals surface area contributed by atoms with Crippen LogP contribution in [0.2, 0.25) is 0 Å². The van der Waals surface area contributed by atoms with Gasteiger partial charge >= 0.3 is 11.7 Å². The van der Waals surface area contributed by atoms with Crippen LogP contribution in [0.3, 0.4) is 0 Å². The molecule has 2 fully saturated rings. The molecule has 2 aliphatic heterocycles. The number of ether oxygens (including phenoxy) is 2. The Labute approximate surface area is 187 Å². The molecule has 0 aromatic heterocycles. The second-order valence-corrected chi connectivity index (χ2v) is 7.96. The molecule has 12 heteroatoms. The first kappa shape index (κ1) is 23.3. The van der Waals surface area contributed by atoms with Gasteiger partial charge in [-0.3, -0.25) is 34.2 Å². The number of amides is 3. The van der Waals surface area contributed by atoms with Crippen molar-refractivity contribution in [1.82, 2.24) is 9.80 Å². The number of carbonyl (C=O) groups is 4. The van der Waals surface area contributed by atoms with Gasteiger partial charge in [0.2, 0.25) is 11.7 Å². The van der Waals surface area contributed by atoms with E-state index in [1.54, 1.807) is 11.8 Å². The van der Waals surface area contributed by atoms with Crippen LogP contribution in [0.15, 0.2) is 17.0 Å². The van der Waals surface area contributed by atoms with E-state index in [0.29, 0.717) is 24.9 Å². The van der Waals surface area contributed by atoms with Gasteiger partial charge < -0.3 is 14.4 Å². The third kappa shape index (κ3) is 4.90. The number of nitro benzene ring substituents is 1. The smallest absolute Gasteiger partial charge is 0.322 e. The summed E-state index contributed by atoms with van der Waals surface area (Å²) in [6.45, 7) is 3.62. The van der Waals surface area contributed by atoms with Crippen molar-refractivity contribution in [3.63, 3.8) is 0 Å². The van der Waals surface area contributed by atoms with Gasteiger partial charge in [0.15, 0.2) is 5.75 Å². The summed E-state index contributed by atoms with van der Waals surface area (Å²) in [5, 5.41) is 11.1. The summed E-state index contributed by atoms with van der Waals surface area (Å²) in [5.41, 5.74) is -0.517. The standard InChI is InChI=1S/C20H21N3O8S/c1-3-30-18-14(31-12(2)24)7-6-13(17(18)23(28)29)10-15-19(26)22(20(27)32-15)11-16(25)21-8-4-5-9-21/h6-7,10H,3-5,8-9,11H2,1-2H3/b15-10-. The summed E-state index contributed by atoms with van der Waals surface area (Å²) in [7, 11) is 0. The first-order chi connectivity index (χ1) is 15.2. The van der Waals surface area contributed by atoms with Gasteiger partial charge in [0, 0.05) is 20.0 Å². The van der Waals surface area contributed by atoms with Crippen LogP contribution < -0.4 is 9.47 Å². The van der Waals surface area contributed by atoms with Gasteiger partial charge in [-0.15, -0.1) is 0 Å². The molecule has 0 N–H and O–H groups in total. The predicted octanol–water partition coefficient (Wildman–Crippen LogP) is 2.58. The minimum atomic E-state index is -0.717. The zero-order valence-corrected chi connectivity index (χ0v) is 18.3. The molecule has 11 nitrogen and oxygen atoms in total. The molecule has 0 spiro atoms. The first-order valence-corrected chi connectivity index (χ1v) is 10.7. The van der Waals surface area contributed by atoms with Crippen molar-refractivity contribution in [2.75, 3.05) is 26.2 Å².